The van der Waals surface area contributed by atoms with Gasteiger partial charge in [0.2, 0.25) is 0 Å². The molecule has 82 valence electrons. The van der Waals surface area contributed by atoms with Crippen LogP contribution in [0.25, 0.3) is 0 Å². The van der Waals surface area contributed by atoms with Gasteiger partial charge in [-0.25, -0.2) is 9.97 Å². The van der Waals surface area contributed by atoms with E-state index in [4.69, 9.17) is 11.6 Å². The smallest absolute Gasteiger partial charge is 0.147 e. The van der Waals surface area contributed by atoms with Crippen LogP contribution in [0.3, 0.4) is 0 Å². The van der Waals surface area contributed by atoms with E-state index >= 15 is 0 Å². The monoisotopic (exact) mass is 288 g/mol. The van der Waals surface area contributed by atoms with Gasteiger partial charge in [0.1, 0.15) is 11.0 Å². The molecule has 0 aliphatic heterocycles. The van der Waals surface area contributed by atoms with Gasteiger partial charge >= 0.3 is 0 Å². The van der Waals surface area contributed by atoms with Crippen LogP contribution >= 0.6 is 27.5 Å². The number of hydrogen-bond donors (Lipinski definition) is 0. The Morgan fingerprint density at radius 1 is 1.40 bits per heavy atom. The van der Waals surface area contributed by atoms with Crippen molar-refractivity contribution in [2.75, 3.05) is 0 Å². The van der Waals surface area contributed by atoms with Crippen molar-refractivity contribution in [2.24, 2.45) is 0 Å². The van der Waals surface area contributed by atoms with Gasteiger partial charge in [0.15, 0.2) is 0 Å². The summed E-state index contributed by atoms with van der Waals surface area (Å²) >= 11 is 9.54. The number of nitrogens with zero attached hydrogens (tertiary/aromatic N) is 2. The highest BCUT2D eigenvalue weighted by Crippen LogP contribution is 2.43. The lowest BCUT2D eigenvalue weighted by molar-refractivity contribution is 0.741. The standard InChI is InChI=1S/C11H14BrClN2/c1-2-3-4-8-14-10(7-5-6-7)9(12)11(13)15-8/h7H,2-6H2,1H3. The molecule has 0 amide bonds. The molecule has 0 radical (unpaired) electrons. The Labute approximate surface area is 104 Å². The first-order valence-electron chi connectivity index (χ1n) is 5.44. The molecule has 1 aromatic rings. The number of aromatic nitrogens is 2. The molecule has 0 bridgehead atoms. The number of halogens is 2. The second kappa shape index (κ2) is 4.79. The van der Waals surface area contributed by atoms with Crippen molar-refractivity contribution in [3.8, 4) is 0 Å². The van der Waals surface area contributed by atoms with E-state index in [9.17, 15) is 0 Å². The van der Waals surface area contributed by atoms with Gasteiger partial charge in [-0.05, 0) is 35.2 Å². The summed E-state index contributed by atoms with van der Waals surface area (Å²) in [6.45, 7) is 2.17. The van der Waals surface area contributed by atoms with Crippen LogP contribution in [-0.4, -0.2) is 9.97 Å². The molecular formula is C11H14BrClN2. The van der Waals surface area contributed by atoms with E-state index in [1.165, 1.54) is 12.8 Å². The fourth-order valence-corrected chi connectivity index (χ4v) is 2.25. The number of aryl methyl sites for hydroxylation is 1. The Morgan fingerprint density at radius 2 is 2.13 bits per heavy atom. The summed E-state index contributed by atoms with van der Waals surface area (Å²) < 4.78 is 0.895. The molecular weight excluding hydrogens is 275 g/mol. The third-order valence-electron chi connectivity index (χ3n) is 2.60. The molecule has 1 fully saturated rings. The van der Waals surface area contributed by atoms with Crippen molar-refractivity contribution in [3.63, 3.8) is 0 Å². The zero-order chi connectivity index (χ0) is 10.8. The second-order valence-electron chi connectivity index (χ2n) is 4.01. The summed E-state index contributed by atoms with van der Waals surface area (Å²) in [5.74, 6) is 1.51. The van der Waals surface area contributed by atoms with Gasteiger partial charge in [-0.1, -0.05) is 24.9 Å². The Morgan fingerprint density at radius 3 is 2.73 bits per heavy atom. The lowest BCUT2D eigenvalue weighted by atomic mass is 10.2. The van der Waals surface area contributed by atoms with Crippen molar-refractivity contribution in [1.29, 1.82) is 0 Å². The molecule has 0 unspecified atom stereocenters. The van der Waals surface area contributed by atoms with Crippen LogP contribution in [0.2, 0.25) is 5.15 Å². The molecule has 2 rings (SSSR count). The molecule has 1 aliphatic rings. The van der Waals surface area contributed by atoms with Crippen LogP contribution < -0.4 is 0 Å². The molecule has 1 saturated carbocycles. The first-order valence-corrected chi connectivity index (χ1v) is 6.61. The lowest BCUT2D eigenvalue weighted by Crippen LogP contribution is -2.01. The molecule has 2 nitrogen and oxygen atoms in total. The van der Waals surface area contributed by atoms with Crippen LogP contribution in [0.15, 0.2) is 4.47 Å². The molecule has 0 aromatic carbocycles. The summed E-state index contributed by atoms with van der Waals surface area (Å²) in [5.41, 5.74) is 1.11. The minimum absolute atomic E-state index is 0.568. The van der Waals surface area contributed by atoms with E-state index in [2.05, 4.69) is 32.8 Å². The first-order chi connectivity index (χ1) is 7.22. The van der Waals surface area contributed by atoms with E-state index in [0.717, 1.165) is 35.3 Å². The molecule has 15 heavy (non-hydrogen) atoms. The number of hydrogen-bond acceptors (Lipinski definition) is 2. The van der Waals surface area contributed by atoms with Crippen LogP contribution in [-0.2, 0) is 6.42 Å². The average Bonchev–Trinajstić information content (AvgIpc) is 3.03. The van der Waals surface area contributed by atoms with Gasteiger partial charge in [0.05, 0.1) is 10.2 Å². The zero-order valence-corrected chi connectivity index (χ0v) is 11.1. The summed E-state index contributed by atoms with van der Waals surface area (Å²) in [4.78, 5) is 8.88. The van der Waals surface area contributed by atoms with Gasteiger partial charge in [-0.15, -0.1) is 0 Å². The number of rotatable bonds is 4. The average molecular weight is 290 g/mol. The van der Waals surface area contributed by atoms with Crippen LogP contribution in [0, 0.1) is 0 Å². The first kappa shape index (κ1) is 11.3. The number of unbranched alkanes of at least 4 members (excludes halogenated alkanes) is 1. The SMILES string of the molecule is CCCCc1nc(Cl)c(Br)c(C2CC2)n1. The van der Waals surface area contributed by atoms with E-state index in [0.29, 0.717) is 11.1 Å². The molecule has 0 spiro atoms. The topological polar surface area (TPSA) is 25.8 Å². The van der Waals surface area contributed by atoms with Crippen molar-refractivity contribution >= 4 is 27.5 Å². The lowest BCUT2D eigenvalue weighted by Gasteiger charge is -2.06. The van der Waals surface area contributed by atoms with E-state index in [-0.39, 0.29) is 0 Å². The van der Waals surface area contributed by atoms with Crippen molar-refractivity contribution < 1.29 is 0 Å². The van der Waals surface area contributed by atoms with Crippen LogP contribution in [0.1, 0.15) is 50.0 Å². The molecule has 1 heterocycles. The largest absolute Gasteiger partial charge is 0.236 e. The molecule has 1 aliphatic carbocycles. The predicted molar refractivity (Wildman–Crippen MR) is 65.3 cm³/mol. The van der Waals surface area contributed by atoms with Crippen LogP contribution in [0.5, 0.6) is 0 Å². The highest BCUT2D eigenvalue weighted by molar-refractivity contribution is 9.10. The summed E-state index contributed by atoms with van der Waals surface area (Å²) in [5, 5.41) is 0.568. The van der Waals surface area contributed by atoms with E-state index in [1.54, 1.807) is 0 Å². The van der Waals surface area contributed by atoms with Gasteiger partial charge < -0.3 is 0 Å². The molecule has 0 saturated heterocycles. The van der Waals surface area contributed by atoms with Crippen LogP contribution in [0.4, 0.5) is 0 Å². The minimum atomic E-state index is 0.568. The van der Waals surface area contributed by atoms with Gasteiger partial charge in [0.25, 0.3) is 0 Å². The Hall–Kier alpha value is -0.150. The fraction of sp³-hybridized carbons (Fsp3) is 0.636. The Kier molecular flexibility index (Phi) is 3.62. The third-order valence-corrected chi connectivity index (χ3v) is 3.88. The summed E-state index contributed by atoms with van der Waals surface area (Å²) in [6, 6.07) is 0. The van der Waals surface area contributed by atoms with Gasteiger partial charge in [-0.2, -0.15) is 0 Å². The van der Waals surface area contributed by atoms with Gasteiger partial charge in [-0.3, -0.25) is 0 Å². The Bertz CT molecular complexity index is 364. The normalized spacial score (nSPS) is 15.7. The Balaban J connectivity index is 2.24. The van der Waals surface area contributed by atoms with Crippen molar-refractivity contribution in [1.82, 2.24) is 9.97 Å². The molecule has 4 heteroatoms. The highest BCUT2D eigenvalue weighted by atomic mass is 79.9. The zero-order valence-electron chi connectivity index (χ0n) is 8.76. The molecule has 1 aromatic heterocycles. The minimum Gasteiger partial charge on any atom is -0.236 e. The predicted octanol–water partition coefficient (Wildman–Crippen LogP) is 4.11. The third kappa shape index (κ3) is 2.70. The van der Waals surface area contributed by atoms with Crippen molar-refractivity contribution in [3.05, 3.63) is 21.1 Å². The summed E-state index contributed by atoms with van der Waals surface area (Å²) in [7, 11) is 0. The fourth-order valence-electron chi connectivity index (χ4n) is 1.56. The van der Waals surface area contributed by atoms with Crippen molar-refractivity contribution in [2.45, 2.75) is 44.9 Å². The van der Waals surface area contributed by atoms with Gasteiger partial charge in [0, 0.05) is 12.3 Å². The van der Waals surface area contributed by atoms with E-state index in [1.807, 2.05) is 0 Å². The maximum atomic E-state index is 6.07. The maximum absolute atomic E-state index is 6.07. The second-order valence-corrected chi connectivity index (χ2v) is 5.16. The summed E-state index contributed by atoms with van der Waals surface area (Å²) in [6.07, 6.45) is 5.69. The quantitative estimate of drug-likeness (QED) is 0.780. The molecule has 0 N–H and O–H groups in total. The molecule has 0 atom stereocenters. The van der Waals surface area contributed by atoms with E-state index < -0.39 is 0 Å². The highest BCUT2D eigenvalue weighted by Gasteiger charge is 2.28. The maximum Gasteiger partial charge on any atom is 0.147 e.